The Morgan fingerprint density at radius 2 is 1.83 bits per heavy atom. The van der Waals surface area contributed by atoms with Gasteiger partial charge in [-0.25, -0.2) is 13.2 Å². The van der Waals surface area contributed by atoms with Crippen molar-refractivity contribution in [2.24, 2.45) is 5.92 Å². The molecule has 0 amide bonds. The van der Waals surface area contributed by atoms with Crippen molar-refractivity contribution in [3.05, 3.63) is 29.8 Å². The van der Waals surface area contributed by atoms with Gasteiger partial charge < -0.3 is 9.84 Å². The summed E-state index contributed by atoms with van der Waals surface area (Å²) >= 11 is 0. The first-order chi connectivity index (χ1) is 11.4. The van der Waals surface area contributed by atoms with Gasteiger partial charge in [0.05, 0.1) is 11.0 Å². The van der Waals surface area contributed by atoms with Crippen LogP contribution in [0.4, 0.5) is 0 Å². The van der Waals surface area contributed by atoms with Crippen LogP contribution in [-0.4, -0.2) is 49.1 Å². The number of hydrogen-bond acceptors (Lipinski definition) is 4. The van der Waals surface area contributed by atoms with Crippen molar-refractivity contribution < 1.29 is 23.1 Å². The Hall–Kier alpha value is -1.44. The van der Waals surface area contributed by atoms with Crippen molar-refractivity contribution in [3.63, 3.8) is 0 Å². The van der Waals surface area contributed by atoms with E-state index in [-0.39, 0.29) is 12.0 Å². The van der Waals surface area contributed by atoms with Crippen LogP contribution < -0.4 is 0 Å². The monoisotopic (exact) mass is 353 g/mol. The summed E-state index contributed by atoms with van der Waals surface area (Å²) in [6.07, 6.45) is 1.94. The summed E-state index contributed by atoms with van der Waals surface area (Å²) in [5.74, 6) is -0.672. The third kappa shape index (κ3) is 3.34. The number of sulfonamides is 1. The number of carbonyl (C=O) groups is 1. The molecule has 0 aromatic heterocycles. The van der Waals surface area contributed by atoms with Crippen LogP contribution in [0.5, 0.6) is 0 Å². The average Bonchev–Trinajstić information content (AvgIpc) is 3.05. The van der Waals surface area contributed by atoms with E-state index in [4.69, 9.17) is 9.84 Å². The van der Waals surface area contributed by atoms with E-state index in [2.05, 4.69) is 0 Å². The zero-order valence-electron chi connectivity index (χ0n) is 13.7. The summed E-state index contributed by atoms with van der Waals surface area (Å²) in [4.78, 5) is 11.4. The van der Waals surface area contributed by atoms with Gasteiger partial charge in [0, 0.05) is 13.1 Å². The molecular weight excluding hydrogens is 330 g/mol. The smallest absolute Gasteiger partial charge is 0.332 e. The fourth-order valence-electron chi connectivity index (χ4n) is 3.66. The summed E-state index contributed by atoms with van der Waals surface area (Å²) in [5.41, 5.74) is 0.753. The molecular formula is C17H23NO5S. The number of piperidine rings is 1. The molecule has 0 bridgehead atoms. The van der Waals surface area contributed by atoms with Gasteiger partial charge in [0.15, 0.2) is 6.10 Å². The Bertz CT molecular complexity index is 709. The van der Waals surface area contributed by atoms with Crippen LogP contribution in [0.1, 0.15) is 31.2 Å². The number of aryl methyl sites for hydroxylation is 1. The van der Waals surface area contributed by atoms with Gasteiger partial charge in [0.1, 0.15) is 0 Å². The first-order valence-corrected chi connectivity index (χ1v) is 9.77. The third-order valence-corrected chi connectivity index (χ3v) is 7.12. The number of benzene rings is 1. The number of hydrogen-bond donors (Lipinski definition) is 1. The maximum atomic E-state index is 12.8. The van der Waals surface area contributed by atoms with Crippen molar-refractivity contribution in [2.75, 3.05) is 13.1 Å². The van der Waals surface area contributed by atoms with Crippen molar-refractivity contribution >= 4 is 16.0 Å². The molecule has 0 saturated carbocycles. The largest absolute Gasteiger partial charge is 0.479 e. The highest BCUT2D eigenvalue weighted by Crippen LogP contribution is 2.33. The molecule has 2 fully saturated rings. The first kappa shape index (κ1) is 17.4. The lowest BCUT2D eigenvalue weighted by atomic mass is 9.90. The summed E-state index contributed by atoms with van der Waals surface area (Å²) < 4.78 is 32.7. The van der Waals surface area contributed by atoms with E-state index >= 15 is 0 Å². The van der Waals surface area contributed by atoms with Gasteiger partial charge in [0.25, 0.3) is 0 Å². The van der Waals surface area contributed by atoms with Gasteiger partial charge in [-0.15, -0.1) is 0 Å². The van der Waals surface area contributed by atoms with E-state index in [0.29, 0.717) is 37.2 Å². The Balaban J connectivity index is 1.63. The van der Waals surface area contributed by atoms with Crippen molar-refractivity contribution in [2.45, 2.75) is 49.7 Å². The molecule has 2 aliphatic heterocycles. The van der Waals surface area contributed by atoms with Crippen molar-refractivity contribution in [1.82, 2.24) is 4.31 Å². The van der Waals surface area contributed by atoms with Crippen LogP contribution in [-0.2, 0) is 19.6 Å². The van der Waals surface area contributed by atoms with E-state index in [1.807, 2.05) is 6.07 Å². The number of nitrogens with zero attached hydrogens (tertiary/aromatic N) is 1. The standard InChI is InChI=1S/C17H23NO5S/c1-12-4-2-3-5-16(12)24(21,22)18-10-8-13(9-11-18)14-6-7-15(23-14)17(19)20/h2-5,13-15H,6-11H2,1H3,(H,19,20)/t14-,15+/m0/s1. The number of aliphatic carboxylic acids is 1. The molecule has 6 nitrogen and oxygen atoms in total. The van der Waals surface area contributed by atoms with Gasteiger partial charge in [-0.05, 0) is 50.2 Å². The highest BCUT2D eigenvalue weighted by Gasteiger charge is 2.38. The van der Waals surface area contributed by atoms with Gasteiger partial charge in [-0.2, -0.15) is 4.31 Å². The number of rotatable bonds is 4. The lowest BCUT2D eigenvalue weighted by Gasteiger charge is -2.34. The molecule has 0 spiro atoms. The molecule has 0 unspecified atom stereocenters. The molecule has 2 aliphatic rings. The zero-order valence-corrected chi connectivity index (χ0v) is 14.5. The van der Waals surface area contributed by atoms with E-state index in [0.717, 1.165) is 12.0 Å². The number of carboxylic acids is 1. The number of ether oxygens (including phenoxy) is 1. The molecule has 2 atom stereocenters. The molecule has 3 rings (SSSR count). The second kappa shape index (κ2) is 6.82. The molecule has 7 heteroatoms. The van der Waals surface area contributed by atoms with Gasteiger partial charge >= 0.3 is 5.97 Å². The Labute approximate surface area is 142 Å². The fraction of sp³-hybridized carbons (Fsp3) is 0.588. The van der Waals surface area contributed by atoms with Crippen molar-refractivity contribution in [3.8, 4) is 0 Å². The minimum Gasteiger partial charge on any atom is -0.479 e. The Morgan fingerprint density at radius 3 is 2.42 bits per heavy atom. The van der Waals surface area contributed by atoms with E-state index in [9.17, 15) is 13.2 Å². The second-order valence-corrected chi connectivity index (χ2v) is 8.49. The molecule has 1 aromatic carbocycles. The van der Waals surface area contributed by atoms with E-state index in [1.54, 1.807) is 25.1 Å². The summed E-state index contributed by atoms with van der Waals surface area (Å²) in [7, 11) is -3.47. The van der Waals surface area contributed by atoms with Crippen LogP contribution >= 0.6 is 0 Å². The van der Waals surface area contributed by atoms with Gasteiger partial charge in [0.2, 0.25) is 10.0 Å². The Morgan fingerprint density at radius 1 is 1.17 bits per heavy atom. The van der Waals surface area contributed by atoms with Crippen LogP contribution in [0.15, 0.2) is 29.2 Å². The van der Waals surface area contributed by atoms with Crippen molar-refractivity contribution in [1.29, 1.82) is 0 Å². The average molecular weight is 353 g/mol. The van der Waals surface area contributed by atoms with Crippen LogP contribution in [0, 0.1) is 12.8 Å². The lowest BCUT2D eigenvalue weighted by Crippen LogP contribution is -2.41. The Kier molecular flexibility index (Phi) is 4.94. The third-order valence-electron chi connectivity index (χ3n) is 5.06. The highest BCUT2D eigenvalue weighted by molar-refractivity contribution is 7.89. The minimum atomic E-state index is -3.47. The van der Waals surface area contributed by atoms with E-state index in [1.165, 1.54) is 4.31 Å². The summed E-state index contributed by atoms with van der Waals surface area (Å²) in [6.45, 7) is 2.72. The molecule has 2 heterocycles. The fourth-order valence-corrected chi connectivity index (χ4v) is 5.36. The number of carboxylic acid groups (broad SMARTS) is 1. The molecule has 24 heavy (non-hydrogen) atoms. The molecule has 1 N–H and O–H groups in total. The highest BCUT2D eigenvalue weighted by atomic mass is 32.2. The molecule has 0 aliphatic carbocycles. The van der Waals surface area contributed by atoms with Crippen LogP contribution in [0.25, 0.3) is 0 Å². The lowest BCUT2D eigenvalue weighted by molar-refractivity contribution is -0.150. The van der Waals surface area contributed by atoms with Crippen LogP contribution in [0.3, 0.4) is 0 Å². The quantitative estimate of drug-likeness (QED) is 0.895. The zero-order chi connectivity index (χ0) is 17.3. The summed E-state index contributed by atoms with van der Waals surface area (Å²) in [6, 6.07) is 7.02. The minimum absolute atomic E-state index is 0.0607. The maximum Gasteiger partial charge on any atom is 0.332 e. The predicted octanol–water partition coefficient (Wildman–Crippen LogP) is 2.03. The van der Waals surface area contributed by atoms with Crippen LogP contribution in [0.2, 0.25) is 0 Å². The van der Waals surface area contributed by atoms with E-state index < -0.39 is 22.1 Å². The molecule has 132 valence electrons. The SMILES string of the molecule is Cc1ccccc1S(=O)(=O)N1CCC([C@@H]2CC[C@H](C(=O)O)O2)CC1. The molecule has 2 saturated heterocycles. The first-order valence-electron chi connectivity index (χ1n) is 8.33. The topological polar surface area (TPSA) is 83.9 Å². The summed E-state index contributed by atoms with van der Waals surface area (Å²) in [5, 5.41) is 9.02. The molecule has 1 aromatic rings. The van der Waals surface area contributed by atoms with Gasteiger partial charge in [-0.3, -0.25) is 0 Å². The second-order valence-electron chi connectivity index (χ2n) is 6.59. The maximum absolute atomic E-state index is 12.8. The normalized spacial score (nSPS) is 26.5. The predicted molar refractivity (Wildman–Crippen MR) is 88.2 cm³/mol. The molecule has 0 radical (unpaired) electrons. The van der Waals surface area contributed by atoms with Gasteiger partial charge in [-0.1, -0.05) is 18.2 Å².